The van der Waals surface area contributed by atoms with Gasteiger partial charge in [0.2, 0.25) is 11.8 Å². The fourth-order valence-corrected chi connectivity index (χ4v) is 4.48. The second-order valence-electron chi connectivity index (χ2n) is 11.4. The highest BCUT2D eigenvalue weighted by Crippen LogP contribution is 2.35. The first kappa shape index (κ1) is 31.9. The number of carbonyl (C=O) groups is 4. The summed E-state index contributed by atoms with van der Waals surface area (Å²) in [5, 5.41) is 15.3. The van der Waals surface area contributed by atoms with Gasteiger partial charge in [-0.05, 0) is 66.0 Å². The quantitative estimate of drug-likeness (QED) is 0.327. The number of benzene rings is 1. The van der Waals surface area contributed by atoms with Crippen molar-refractivity contribution in [1.82, 2.24) is 15.5 Å². The molecule has 1 aromatic rings. The van der Waals surface area contributed by atoms with Crippen molar-refractivity contribution < 1.29 is 33.8 Å². The Morgan fingerprint density at radius 3 is 2.41 bits per heavy atom. The standard InChI is InChI=1S/C28H44N4O7/c1-8-32(24(34)19(4)30-23(33)18(3)29)15-17(2)16-38-22-11-9-10-20-12-13-28(25(35)36,14-21(20)22)31-26(37)39-27(5,6)7/h9-11,17-19H,8,12-16,29H2,1-7H3,(H,30,33)(H,31,37)(H,35,36)/t17-,18-,19-,28+/m0/s1. The number of hydrogen-bond donors (Lipinski definition) is 4. The van der Waals surface area contributed by atoms with Crippen LogP contribution < -0.4 is 21.1 Å². The predicted molar refractivity (Wildman–Crippen MR) is 146 cm³/mol. The number of carbonyl (C=O) groups excluding carboxylic acids is 3. The van der Waals surface area contributed by atoms with E-state index >= 15 is 0 Å². The minimum atomic E-state index is -1.52. The van der Waals surface area contributed by atoms with Gasteiger partial charge in [-0.3, -0.25) is 9.59 Å². The number of aryl methyl sites for hydroxylation is 1. The third kappa shape index (κ3) is 8.84. The van der Waals surface area contributed by atoms with Crippen molar-refractivity contribution in [2.45, 2.75) is 91.0 Å². The number of nitrogens with zero attached hydrogens (tertiary/aromatic N) is 1. The van der Waals surface area contributed by atoms with Crippen molar-refractivity contribution in [2.24, 2.45) is 11.7 Å². The zero-order chi connectivity index (χ0) is 29.5. The lowest BCUT2D eigenvalue weighted by Crippen LogP contribution is -2.58. The number of carboxylic acid groups (broad SMARTS) is 1. The Kier molecular flexibility index (Phi) is 10.7. The molecule has 1 aliphatic rings. The number of nitrogens with one attached hydrogen (secondary N) is 2. The smallest absolute Gasteiger partial charge is 0.408 e. The molecule has 0 heterocycles. The molecule has 0 bridgehead atoms. The molecule has 5 N–H and O–H groups in total. The topological polar surface area (TPSA) is 160 Å². The first-order valence-electron chi connectivity index (χ1n) is 13.4. The molecule has 0 aliphatic heterocycles. The molecule has 0 saturated carbocycles. The van der Waals surface area contributed by atoms with Gasteiger partial charge in [-0.2, -0.15) is 0 Å². The minimum absolute atomic E-state index is 0.0534. The number of likely N-dealkylation sites (N-methyl/N-ethyl adjacent to an activating group) is 1. The maximum absolute atomic E-state index is 12.9. The fraction of sp³-hybridized carbons (Fsp3) is 0.643. The molecule has 1 aliphatic carbocycles. The lowest BCUT2D eigenvalue weighted by atomic mass is 9.77. The summed E-state index contributed by atoms with van der Waals surface area (Å²) in [6.07, 6.45) is -0.0545. The summed E-state index contributed by atoms with van der Waals surface area (Å²) in [6, 6.07) is 4.15. The van der Waals surface area contributed by atoms with Crippen LogP contribution in [0.2, 0.25) is 0 Å². The van der Waals surface area contributed by atoms with Crippen LogP contribution in [0, 0.1) is 5.92 Å². The second-order valence-corrected chi connectivity index (χ2v) is 11.4. The van der Waals surface area contributed by atoms with Crippen LogP contribution in [0.5, 0.6) is 5.75 Å². The predicted octanol–water partition coefficient (Wildman–Crippen LogP) is 2.24. The number of alkyl carbamates (subject to hydrolysis) is 1. The maximum atomic E-state index is 12.9. The first-order valence-corrected chi connectivity index (χ1v) is 13.4. The zero-order valence-corrected chi connectivity index (χ0v) is 24.1. The molecule has 1 aromatic carbocycles. The summed E-state index contributed by atoms with van der Waals surface area (Å²) >= 11 is 0. The molecule has 3 amide bonds. The van der Waals surface area contributed by atoms with E-state index in [9.17, 15) is 24.3 Å². The van der Waals surface area contributed by atoms with Gasteiger partial charge >= 0.3 is 12.1 Å². The Bertz CT molecular complexity index is 1050. The molecule has 0 spiro atoms. The van der Waals surface area contributed by atoms with Crippen LogP contribution in [-0.4, -0.2) is 76.8 Å². The summed E-state index contributed by atoms with van der Waals surface area (Å²) in [6.45, 7) is 13.3. The van der Waals surface area contributed by atoms with Gasteiger partial charge in [-0.1, -0.05) is 19.1 Å². The molecule has 218 valence electrons. The molecule has 0 fully saturated rings. The van der Waals surface area contributed by atoms with E-state index in [2.05, 4.69) is 10.6 Å². The van der Waals surface area contributed by atoms with Gasteiger partial charge in [0.25, 0.3) is 0 Å². The highest BCUT2D eigenvalue weighted by molar-refractivity contribution is 5.89. The van der Waals surface area contributed by atoms with Crippen molar-refractivity contribution in [1.29, 1.82) is 0 Å². The molecule has 4 atom stereocenters. The molecule has 11 nitrogen and oxygen atoms in total. The van der Waals surface area contributed by atoms with Crippen LogP contribution in [0.1, 0.15) is 66.0 Å². The number of carboxylic acids is 1. The Hall–Kier alpha value is -3.34. The first-order chi connectivity index (χ1) is 18.1. The molecule has 39 heavy (non-hydrogen) atoms. The molecular weight excluding hydrogens is 504 g/mol. The van der Waals surface area contributed by atoms with Gasteiger partial charge in [0.15, 0.2) is 0 Å². The fourth-order valence-electron chi connectivity index (χ4n) is 4.48. The number of rotatable bonds is 11. The minimum Gasteiger partial charge on any atom is -0.493 e. The van der Waals surface area contributed by atoms with Crippen molar-refractivity contribution in [3.8, 4) is 5.75 Å². The van der Waals surface area contributed by atoms with Crippen molar-refractivity contribution in [2.75, 3.05) is 19.7 Å². The highest BCUT2D eigenvalue weighted by Gasteiger charge is 2.44. The van der Waals surface area contributed by atoms with E-state index in [-0.39, 0.29) is 31.3 Å². The molecule has 2 rings (SSSR count). The van der Waals surface area contributed by atoms with Crippen LogP contribution in [-0.2, 0) is 32.0 Å². The molecule has 0 saturated heterocycles. The van der Waals surface area contributed by atoms with Crippen LogP contribution in [0.15, 0.2) is 18.2 Å². The molecule has 11 heteroatoms. The average molecular weight is 549 g/mol. The summed E-state index contributed by atoms with van der Waals surface area (Å²) in [5.74, 6) is -1.26. The number of hydrogen-bond acceptors (Lipinski definition) is 7. The van der Waals surface area contributed by atoms with Gasteiger partial charge in [0.05, 0.1) is 12.6 Å². The molecular formula is C28H44N4O7. The Morgan fingerprint density at radius 2 is 1.85 bits per heavy atom. The van der Waals surface area contributed by atoms with Crippen LogP contribution in [0.3, 0.4) is 0 Å². The molecule has 0 radical (unpaired) electrons. The van der Waals surface area contributed by atoms with Crippen LogP contribution >= 0.6 is 0 Å². The normalized spacial score (nSPS) is 19.1. The van der Waals surface area contributed by atoms with E-state index in [1.807, 2.05) is 26.0 Å². The Morgan fingerprint density at radius 1 is 1.18 bits per heavy atom. The second kappa shape index (κ2) is 13.1. The van der Waals surface area contributed by atoms with Crippen molar-refractivity contribution >= 4 is 23.9 Å². The van der Waals surface area contributed by atoms with E-state index in [0.717, 1.165) is 11.1 Å². The third-order valence-corrected chi connectivity index (χ3v) is 6.57. The van der Waals surface area contributed by atoms with Crippen LogP contribution in [0.25, 0.3) is 0 Å². The monoisotopic (exact) mass is 548 g/mol. The zero-order valence-electron chi connectivity index (χ0n) is 24.1. The van der Waals surface area contributed by atoms with E-state index in [1.54, 1.807) is 45.6 Å². The Labute approximate surface area is 230 Å². The van der Waals surface area contributed by atoms with E-state index < -0.39 is 41.2 Å². The van der Waals surface area contributed by atoms with Gasteiger partial charge in [-0.25, -0.2) is 9.59 Å². The maximum Gasteiger partial charge on any atom is 0.408 e. The number of fused-ring (bicyclic) bond motifs is 1. The van der Waals surface area contributed by atoms with Gasteiger partial charge in [0, 0.05) is 31.0 Å². The number of ether oxygens (including phenoxy) is 2. The van der Waals surface area contributed by atoms with Gasteiger partial charge in [0.1, 0.15) is 22.9 Å². The van der Waals surface area contributed by atoms with Crippen molar-refractivity contribution in [3.05, 3.63) is 29.3 Å². The number of amides is 3. The van der Waals surface area contributed by atoms with Gasteiger partial charge in [-0.15, -0.1) is 0 Å². The molecule has 0 aromatic heterocycles. The van der Waals surface area contributed by atoms with Crippen molar-refractivity contribution in [3.63, 3.8) is 0 Å². The number of nitrogens with two attached hydrogens (primary N) is 1. The Balaban J connectivity index is 2.11. The molecule has 0 unspecified atom stereocenters. The summed E-state index contributed by atoms with van der Waals surface area (Å²) in [4.78, 5) is 51.3. The summed E-state index contributed by atoms with van der Waals surface area (Å²) < 4.78 is 11.5. The largest absolute Gasteiger partial charge is 0.493 e. The summed E-state index contributed by atoms with van der Waals surface area (Å²) in [5.41, 5.74) is 4.99. The van der Waals surface area contributed by atoms with E-state index in [4.69, 9.17) is 15.2 Å². The van der Waals surface area contributed by atoms with Crippen LogP contribution in [0.4, 0.5) is 4.79 Å². The SMILES string of the molecule is CCN(C[C@H](C)COc1cccc2c1C[C@@](NC(=O)OC(C)(C)C)(C(=O)O)CC2)C(=O)[C@H](C)NC(=O)[C@H](C)N. The number of aliphatic carboxylic acids is 1. The van der Waals surface area contributed by atoms with Gasteiger partial charge < -0.3 is 35.8 Å². The summed E-state index contributed by atoms with van der Waals surface area (Å²) in [7, 11) is 0. The lowest BCUT2D eigenvalue weighted by Gasteiger charge is -2.36. The lowest BCUT2D eigenvalue weighted by molar-refractivity contribution is -0.145. The average Bonchev–Trinajstić information content (AvgIpc) is 2.84. The van der Waals surface area contributed by atoms with E-state index in [0.29, 0.717) is 25.3 Å². The third-order valence-electron chi connectivity index (χ3n) is 6.57. The highest BCUT2D eigenvalue weighted by atomic mass is 16.6. The van der Waals surface area contributed by atoms with E-state index in [1.165, 1.54) is 0 Å².